The zero-order valence-electron chi connectivity index (χ0n) is 15.3. The van der Waals surface area contributed by atoms with E-state index in [-0.39, 0.29) is 18.2 Å². The average molecular weight is 385 g/mol. The maximum Gasteiger partial charge on any atom is 0.239 e. The fourth-order valence-electron chi connectivity index (χ4n) is 3.35. The van der Waals surface area contributed by atoms with Crippen molar-refractivity contribution in [1.29, 1.82) is 0 Å². The summed E-state index contributed by atoms with van der Waals surface area (Å²) in [5.74, 6) is -1.31. The second-order valence-electron chi connectivity index (χ2n) is 6.84. The summed E-state index contributed by atoms with van der Waals surface area (Å²) in [5, 5.41) is 4.62. The maximum absolute atomic E-state index is 12.9. The molecule has 2 heterocycles. The highest BCUT2D eigenvalue weighted by Gasteiger charge is 2.42. The topological polar surface area (TPSA) is 92.5 Å². The lowest BCUT2D eigenvalue weighted by molar-refractivity contribution is -0.132. The molecule has 0 radical (unpaired) electrons. The van der Waals surface area contributed by atoms with Crippen LogP contribution in [0.3, 0.4) is 0 Å². The van der Waals surface area contributed by atoms with Crippen LogP contribution in [0.5, 0.6) is 0 Å². The van der Waals surface area contributed by atoms with E-state index in [9.17, 15) is 14.4 Å². The van der Waals surface area contributed by atoms with Crippen LogP contribution in [-0.2, 0) is 14.4 Å². The first-order valence-corrected chi connectivity index (χ1v) is 9.78. The Hall–Kier alpha value is -2.67. The van der Waals surface area contributed by atoms with Crippen LogP contribution in [0.1, 0.15) is 36.2 Å². The van der Waals surface area contributed by atoms with Gasteiger partial charge in [0.2, 0.25) is 17.7 Å². The molecule has 3 atom stereocenters. The van der Waals surface area contributed by atoms with Crippen LogP contribution in [0.25, 0.3) is 0 Å². The van der Waals surface area contributed by atoms with E-state index in [0.29, 0.717) is 6.42 Å². The summed E-state index contributed by atoms with van der Waals surface area (Å²) >= 11 is 1.51. The van der Waals surface area contributed by atoms with Gasteiger partial charge in [-0.2, -0.15) is 0 Å². The van der Waals surface area contributed by atoms with Crippen LogP contribution in [0.2, 0.25) is 0 Å². The first-order chi connectivity index (χ1) is 12.9. The lowest BCUT2D eigenvalue weighted by Gasteiger charge is -2.40. The van der Waals surface area contributed by atoms with E-state index in [4.69, 9.17) is 5.73 Å². The molecular formula is C20H23N3O3S. The Morgan fingerprint density at radius 1 is 1.26 bits per heavy atom. The molecule has 7 heteroatoms. The molecule has 2 aromatic rings. The molecule has 1 aliphatic rings. The minimum absolute atomic E-state index is 0.00995. The Labute approximate surface area is 162 Å². The number of carbonyl (C=O) groups is 3. The third kappa shape index (κ3) is 4.03. The SMILES string of the molecule is Cc1ccc(N2C(=O)CCC(C(=O)NC(C)C(N)=O)C2c2cccs2)cc1. The fraction of sp³-hybridized carbons (Fsp3) is 0.350. The number of hydrogen-bond donors (Lipinski definition) is 2. The van der Waals surface area contributed by atoms with Gasteiger partial charge in [-0.05, 0) is 43.8 Å². The minimum atomic E-state index is -0.757. The van der Waals surface area contributed by atoms with Crippen LogP contribution in [0, 0.1) is 12.8 Å². The van der Waals surface area contributed by atoms with Gasteiger partial charge in [0.15, 0.2) is 0 Å². The molecule has 0 bridgehead atoms. The van der Waals surface area contributed by atoms with E-state index in [1.165, 1.54) is 11.3 Å². The molecule has 1 aromatic carbocycles. The van der Waals surface area contributed by atoms with Crippen molar-refractivity contribution in [1.82, 2.24) is 5.32 Å². The molecule has 1 fully saturated rings. The molecule has 0 saturated carbocycles. The fourth-order valence-corrected chi connectivity index (χ4v) is 4.23. The molecule has 27 heavy (non-hydrogen) atoms. The summed E-state index contributed by atoms with van der Waals surface area (Å²) in [7, 11) is 0. The van der Waals surface area contributed by atoms with Gasteiger partial charge >= 0.3 is 0 Å². The third-order valence-electron chi connectivity index (χ3n) is 4.87. The lowest BCUT2D eigenvalue weighted by atomic mass is 9.86. The highest BCUT2D eigenvalue weighted by molar-refractivity contribution is 7.10. The van der Waals surface area contributed by atoms with Crippen LogP contribution < -0.4 is 16.0 Å². The second-order valence-corrected chi connectivity index (χ2v) is 7.82. The minimum Gasteiger partial charge on any atom is -0.368 e. The quantitative estimate of drug-likeness (QED) is 0.828. The molecule has 3 rings (SSSR count). The zero-order valence-corrected chi connectivity index (χ0v) is 16.2. The van der Waals surface area contributed by atoms with E-state index in [0.717, 1.165) is 16.1 Å². The zero-order chi connectivity index (χ0) is 19.6. The maximum atomic E-state index is 12.9. The standard InChI is InChI=1S/C20H23N3O3S/c1-12-5-7-14(8-6-12)23-17(24)10-9-15(18(23)16-4-3-11-27-16)20(26)22-13(2)19(21)25/h3-8,11,13,15,18H,9-10H2,1-2H3,(H2,21,25)(H,22,26). The molecular weight excluding hydrogens is 362 g/mol. The molecule has 1 aliphatic heterocycles. The molecule has 6 nitrogen and oxygen atoms in total. The number of nitrogens with two attached hydrogens (primary N) is 1. The predicted octanol–water partition coefficient (Wildman–Crippen LogP) is 2.53. The highest BCUT2D eigenvalue weighted by Crippen LogP contribution is 2.41. The van der Waals surface area contributed by atoms with E-state index in [2.05, 4.69) is 5.32 Å². The molecule has 142 valence electrons. The first kappa shape index (κ1) is 19.1. The van der Waals surface area contributed by atoms with Gasteiger partial charge in [0.05, 0.1) is 12.0 Å². The normalized spacial score (nSPS) is 21.0. The lowest BCUT2D eigenvalue weighted by Crippen LogP contribution is -2.51. The Balaban J connectivity index is 1.98. The molecule has 3 amide bonds. The number of hydrogen-bond acceptors (Lipinski definition) is 4. The van der Waals surface area contributed by atoms with Gasteiger partial charge in [0.25, 0.3) is 0 Å². The van der Waals surface area contributed by atoms with E-state index >= 15 is 0 Å². The predicted molar refractivity (Wildman–Crippen MR) is 105 cm³/mol. The van der Waals surface area contributed by atoms with Crippen LogP contribution >= 0.6 is 11.3 Å². The Kier molecular flexibility index (Phi) is 5.60. The molecule has 3 N–H and O–H groups in total. The van der Waals surface area contributed by atoms with Crippen molar-refractivity contribution in [2.45, 2.75) is 38.8 Å². The van der Waals surface area contributed by atoms with E-state index in [1.54, 1.807) is 11.8 Å². The van der Waals surface area contributed by atoms with Gasteiger partial charge in [-0.3, -0.25) is 14.4 Å². The molecule has 1 aromatic heterocycles. The van der Waals surface area contributed by atoms with E-state index < -0.39 is 23.9 Å². The van der Waals surface area contributed by atoms with Gasteiger partial charge < -0.3 is 16.0 Å². The number of piperidine rings is 1. The average Bonchev–Trinajstić information content (AvgIpc) is 3.16. The van der Waals surface area contributed by atoms with Crippen molar-refractivity contribution in [2.75, 3.05) is 4.90 Å². The van der Waals surface area contributed by atoms with Gasteiger partial charge in [0.1, 0.15) is 6.04 Å². The van der Waals surface area contributed by atoms with Crippen molar-refractivity contribution in [3.63, 3.8) is 0 Å². The number of carbonyl (C=O) groups excluding carboxylic acids is 3. The van der Waals surface area contributed by atoms with Crippen molar-refractivity contribution in [2.24, 2.45) is 11.7 Å². The number of aryl methyl sites for hydroxylation is 1. The van der Waals surface area contributed by atoms with Gasteiger partial charge in [0, 0.05) is 17.0 Å². The number of nitrogens with zero attached hydrogens (tertiary/aromatic N) is 1. The van der Waals surface area contributed by atoms with E-state index in [1.807, 2.05) is 48.7 Å². The monoisotopic (exact) mass is 385 g/mol. The summed E-state index contributed by atoms with van der Waals surface area (Å²) in [4.78, 5) is 39.7. The van der Waals surface area contributed by atoms with Crippen molar-refractivity contribution >= 4 is 34.7 Å². The summed E-state index contributed by atoms with van der Waals surface area (Å²) in [6, 6.07) is 10.4. The Bertz CT molecular complexity index is 833. The molecule has 0 spiro atoms. The summed E-state index contributed by atoms with van der Waals surface area (Å²) < 4.78 is 0. The third-order valence-corrected chi connectivity index (χ3v) is 5.81. The first-order valence-electron chi connectivity index (χ1n) is 8.90. The van der Waals surface area contributed by atoms with Gasteiger partial charge in [-0.1, -0.05) is 23.8 Å². The number of rotatable bonds is 5. The van der Waals surface area contributed by atoms with Crippen LogP contribution in [0.4, 0.5) is 5.69 Å². The number of nitrogens with one attached hydrogen (secondary N) is 1. The van der Waals surface area contributed by atoms with Crippen molar-refractivity contribution < 1.29 is 14.4 Å². The second kappa shape index (κ2) is 7.92. The molecule has 0 aliphatic carbocycles. The van der Waals surface area contributed by atoms with Crippen LogP contribution in [-0.4, -0.2) is 23.8 Å². The summed E-state index contributed by atoms with van der Waals surface area (Å²) in [6.07, 6.45) is 0.708. The summed E-state index contributed by atoms with van der Waals surface area (Å²) in [6.45, 7) is 3.55. The molecule has 1 saturated heterocycles. The smallest absolute Gasteiger partial charge is 0.239 e. The Morgan fingerprint density at radius 3 is 2.56 bits per heavy atom. The van der Waals surface area contributed by atoms with Crippen molar-refractivity contribution in [3.05, 3.63) is 52.2 Å². The van der Waals surface area contributed by atoms with Crippen molar-refractivity contribution in [3.8, 4) is 0 Å². The summed E-state index contributed by atoms with van der Waals surface area (Å²) in [5.41, 5.74) is 7.15. The van der Waals surface area contributed by atoms with Gasteiger partial charge in [-0.15, -0.1) is 11.3 Å². The number of thiophene rings is 1. The Morgan fingerprint density at radius 2 is 1.96 bits per heavy atom. The number of benzene rings is 1. The number of primary amides is 1. The highest BCUT2D eigenvalue weighted by atomic mass is 32.1. The number of anilines is 1. The van der Waals surface area contributed by atoms with Crippen LogP contribution in [0.15, 0.2) is 41.8 Å². The van der Waals surface area contributed by atoms with Gasteiger partial charge in [-0.25, -0.2) is 0 Å². The molecule has 3 unspecified atom stereocenters. The number of amides is 3. The largest absolute Gasteiger partial charge is 0.368 e.